The van der Waals surface area contributed by atoms with Crippen LogP contribution >= 0.6 is 0 Å². The molecule has 2 amide bonds. The summed E-state index contributed by atoms with van der Waals surface area (Å²) in [5, 5.41) is 11.5. The van der Waals surface area contributed by atoms with Gasteiger partial charge in [0.05, 0.1) is 29.8 Å². The van der Waals surface area contributed by atoms with Crippen molar-refractivity contribution in [3.05, 3.63) is 84.5 Å². The van der Waals surface area contributed by atoms with Crippen molar-refractivity contribution in [1.29, 1.82) is 0 Å². The van der Waals surface area contributed by atoms with E-state index >= 15 is 0 Å². The van der Waals surface area contributed by atoms with Crippen LogP contribution in [-0.4, -0.2) is 62.5 Å². The Morgan fingerprint density at radius 1 is 1.09 bits per heavy atom. The highest BCUT2D eigenvalue weighted by molar-refractivity contribution is 6.03. The van der Waals surface area contributed by atoms with E-state index in [1.807, 2.05) is 53.6 Å². The zero-order chi connectivity index (χ0) is 24.2. The Bertz CT molecular complexity index is 1320. The van der Waals surface area contributed by atoms with Gasteiger partial charge in [-0.3, -0.25) is 14.6 Å². The van der Waals surface area contributed by atoms with Crippen molar-refractivity contribution < 1.29 is 9.59 Å². The molecule has 2 aromatic heterocycles. The van der Waals surface area contributed by atoms with Crippen LogP contribution in [0.5, 0.6) is 0 Å². The quantitative estimate of drug-likeness (QED) is 0.560. The normalized spacial score (nSPS) is 15.7. The van der Waals surface area contributed by atoms with Gasteiger partial charge in [-0.1, -0.05) is 17.9 Å². The molecule has 0 radical (unpaired) electrons. The Kier molecular flexibility index (Phi) is 6.30. The summed E-state index contributed by atoms with van der Waals surface area (Å²) in [6.07, 6.45) is 8.65. The molecule has 176 valence electrons. The van der Waals surface area contributed by atoms with Gasteiger partial charge in [0.1, 0.15) is 5.69 Å². The summed E-state index contributed by atoms with van der Waals surface area (Å²) in [5.74, 6) is -0.0296. The van der Waals surface area contributed by atoms with Crippen LogP contribution in [-0.2, 0) is 4.79 Å². The molecular weight excluding hydrogens is 442 g/mol. The van der Waals surface area contributed by atoms with Crippen LogP contribution in [0.3, 0.4) is 0 Å². The molecule has 1 N–H and O–H groups in total. The summed E-state index contributed by atoms with van der Waals surface area (Å²) >= 11 is 0. The van der Waals surface area contributed by atoms with Crippen LogP contribution < -0.4 is 5.32 Å². The molecule has 2 aliphatic heterocycles. The highest BCUT2D eigenvalue weighted by atomic mass is 16.2. The lowest BCUT2D eigenvalue weighted by Gasteiger charge is -2.30. The van der Waals surface area contributed by atoms with E-state index < -0.39 is 0 Å². The van der Waals surface area contributed by atoms with E-state index in [-0.39, 0.29) is 17.7 Å². The lowest BCUT2D eigenvalue weighted by atomic mass is 9.94. The van der Waals surface area contributed by atoms with Crippen LogP contribution in [0.15, 0.2) is 72.4 Å². The number of aliphatic imine (C=N–C) groups is 1. The maximum Gasteiger partial charge on any atom is 0.274 e. The number of likely N-dealkylation sites (tertiary alicyclic amines) is 1. The molecule has 1 fully saturated rings. The average Bonchev–Trinajstić information content (AvgIpc) is 3.62. The molecule has 35 heavy (non-hydrogen) atoms. The van der Waals surface area contributed by atoms with Crippen LogP contribution in [0, 0.1) is 0 Å². The Morgan fingerprint density at radius 3 is 2.60 bits per heavy atom. The van der Waals surface area contributed by atoms with Gasteiger partial charge < -0.3 is 10.2 Å². The van der Waals surface area contributed by atoms with Gasteiger partial charge in [-0.15, -0.1) is 5.10 Å². The second kappa shape index (κ2) is 9.84. The molecule has 0 unspecified atom stereocenters. The van der Waals surface area contributed by atoms with E-state index in [0.717, 1.165) is 35.5 Å². The number of rotatable bonds is 6. The number of nitrogens with one attached hydrogen (secondary N) is 1. The van der Waals surface area contributed by atoms with Gasteiger partial charge in [-0.2, -0.15) is 0 Å². The van der Waals surface area contributed by atoms with E-state index in [2.05, 4.69) is 32.2 Å². The fourth-order valence-corrected chi connectivity index (χ4v) is 4.26. The Hall–Kier alpha value is -4.40. The minimum absolute atomic E-state index is 0.0245. The predicted molar refractivity (Wildman–Crippen MR) is 134 cm³/mol. The molecule has 5 rings (SSSR count). The highest BCUT2D eigenvalue weighted by Gasteiger charge is 2.24. The Labute approximate surface area is 202 Å². The lowest BCUT2D eigenvalue weighted by Crippen LogP contribution is -2.36. The molecular formula is C26H25N7O2. The number of anilines is 1. The fraction of sp³-hybridized carbons (Fsp3) is 0.231. The van der Waals surface area contributed by atoms with Crippen molar-refractivity contribution in [2.24, 2.45) is 4.99 Å². The number of allylic oxidation sites excluding steroid dienone is 1. The van der Waals surface area contributed by atoms with Crippen LogP contribution in [0.2, 0.25) is 0 Å². The first-order valence-electron chi connectivity index (χ1n) is 11.5. The SMILES string of the molecule is C=CC(=O)N1CCC(c2cn(-c3ccc(NC(=O)c4cccc(C5=CC=NC5)n4)cc3)nn2)CC1. The molecule has 9 heteroatoms. The number of hydrogen-bond acceptors (Lipinski definition) is 6. The van der Waals surface area contributed by atoms with E-state index in [9.17, 15) is 9.59 Å². The number of pyridine rings is 1. The van der Waals surface area contributed by atoms with Crippen LogP contribution in [0.1, 0.15) is 40.6 Å². The second-order valence-corrected chi connectivity index (χ2v) is 8.48. The molecule has 0 aliphatic carbocycles. The Balaban J connectivity index is 1.21. The van der Waals surface area contributed by atoms with Crippen LogP contribution in [0.25, 0.3) is 11.3 Å². The summed E-state index contributed by atoms with van der Waals surface area (Å²) in [6, 6.07) is 12.8. The lowest BCUT2D eigenvalue weighted by molar-refractivity contribution is -0.127. The maximum atomic E-state index is 12.7. The summed E-state index contributed by atoms with van der Waals surface area (Å²) in [4.78, 5) is 35.0. The van der Waals surface area contributed by atoms with Gasteiger partial charge in [-0.25, -0.2) is 9.67 Å². The van der Waals surface area contributed by atoms with Gasteiger partial charge in [0, 0.05) is 36.5 Å². The molecule has 3 aromatic rings. The highest BCUT2D eigenvalue weighted by Crippen LogP contribution is 2.27. The average molecular weight is 468 g/mol. The van der Waals surface area contributed by atoms with E-state index in [4.69, 9.17) is 0 Å². The fourth-order valence-electron chi connectivity index (χ4n) is 4.26. The van der Waals surface area contributed by atoms with Crippen molar-refractivity contribution in [3.8, 4) is 5.69 Å². The van der Waals surface area contributed by atoms with Gasteiger partial charge in [0.25, 0.3) is 5.91 Å². The number of carbonyl (C=O) groups is 2. The first-order chi connectivity index (χ1) is 17.1. The number of benzene rings is 1. The number of piperidine rings is 1. The first-order valence-corrected chi connectivity index (χ1v) is 11.5. The van der Waals surface area contributed by atoms with Gasteiger partial charge >= 0.3 is 0 Å². The molecule has 0 spiro atoms. The standard InChI is InChI=1S/C26H25N7O2/c1-2-25(34)32-14-11-18(12-15-32)24-17-33(31-30-24)21-8-6-20(7-9-21)28-26(35)23-5-3-4-22(29-23)19-10-13-27-16-19/h2-10,13,17-18H,1,11-12,14-16H2,(H,28,35). The van der Waals surface area contributed by atoms with Gasteiger partial charge in [-0.05, 0) is 61.4 Å². The third kappa shape index (κ3) is 4.93. The van der Waals surface area contributed by atoms with Crippen molar-refractivity contribution in [2.75, 3.05) is 25.0 Å². The summed E-state index contributed by atoms with van der Waals surface area (Å²) in [7, 11) is 0. The minimum atomic E-state index is -0.275. The maximum absolute atomic E-state index is 12.7. The summed E-state index contributed by atoms with van der Waals surface area (Å²) in [6.45, 7) is 5.53. The monoisotopic (exact) mass is 467 g/mol. The molecule has 1 aromatic carbocycles. The van der Waals surface area contributed by atoms with Crippen molar-refractivity contribution in [3.63, 3.8) is 0 Å². The van der Waals surface area contributed by atoms with Gasteiger partial charge in [0.15, 0.2) is 0 Å². The van der Waals surface area contributed by atoms with Gasteiger partial charge in [0.2, 0.25) is 5.91 Å². The molecule has 2 aliphatic rings. The third-order valence-electron chi connectivity index (χ3n) is 6.25. The second-order valence-electron chi connectivity index (χ2n) is 8.48. The largest absolute Gasteiger partial charge is 0.339 e. The number of nitrogens with zero attached hydrogens (tertiary/aromatic N) is 6. The number of carbonyl (C=O) groups excluding carboxylic acids is 2. The molecule has 9 nitrogen and oxygen atoms in total. The molecule has 0 atom stereocenters. The number of amides is 2. The van der Waals surface area contributed by atoms with E-state index in [0.29, 0.717) is 31.0 Å². The Morgan fingerprint density at radius 2 is 1.89 bits per heavy atom. The van der Waals surface area contributed by atoms with Crippen molar-refractivity contribution in [2.45, 2.75) is 18.8 Å². The van der Waals surface area contributed by atoms with Crippen molar-refractivity contribution in [1.82, 2.24) is 24.9 Å². The molecule has 4 heterocycles. The number of aromatic nitrogens is 4. The number of hydrogen-bond donors (Lipinski definition) is 1. The molecule has 1 saturated heterocycles. The summed E-state index contributed by atoms with van der Waals surface area (Å²) < 4.78 is 1.73. The third-order valence-corrected chi connectivity index (χ3v) is 6.25. The molecule has 0 bridgehead atoms. The zero-order valence-electron chi connectivity index (χ0n) is 19.2. The van der Waals surface area contributed by atoms with E-state index in [1.165, 1.54) is 6.08 Å². The first kappa shape index (κ1) is 22.4. The topological polar surface area (TPSA) is 105 Å². The van der Waals surface area contributed by atoms with Crippen LogP contribution in [0.4, 0.5) is 5.69 Å². The predicted octanol–water partition coefficient (Wildman–Crippen LogP) is 3.27. The smallest absolute Gasteiger partial charge is 0.274 e. The summed E-state index contributed by atoms with van der Waals surface area (Å²) in [5.41, 5.74) is 4.52. The zero-order valence-corrected chi connectivity index (χ0v) is 19.2. The minimum Gasteiger partial charge on any atom is -0.339 e. The van der Waals surface area contributed by atoms with Crippen molar-refractivity contribution >= 4 is 29.3 Å². The molecule has 0 saturated carbocycles. The van der Waals surface area contributed by atoms with E-state index in [1.54, 1.807) is 17.0 Å².